The Labute approximate surface area is 110 Å². The lowest BCUT2D eigenvalue weighted by molar-refractivity contribution is 0.0602. The van der Waals surface area contributed by atoms with Crippen molar-refractivity contribution in [2.45, 2.75) is 18.9 Å². The van der Waals surface area contributed by atoms with Crippen molar-refractivity contribution in [1.82, 2.24) is 4.98 Å². The number of ether oxygens (including phenoxy) is 1. The summed E-state index contributed by atoms with van der Waals surface area (Å²) in [6.07, 6.45) is 3.87. The van der Waals surface area contributed by atoms with Crippen molar-refractivity contribution < 1.29 is 9.53 Å². The van der Waals surface area contributed by atoms with Crippen LogP contribution in [0.2, 0.25) is 0 Å². The van der Waals surface area contributed by atoms with E-state index in [1.165, 1.54) is 19.3 Å². The normalized spacial score (nSPS) is 19.3. The number of anilines is 2. The van der Waals surface area contributed by atoms with Crippen molar-refractivity contribution in [1.29, 1.82) is 0 Å². The summed E-state index contributed by atoms with van der Waals surface area (Å²) in [5.41, 5.74) is 6.67. The monoisotopic (exact) mass is 267 g/mol. The first-order valence-electron chi connectivity index (χ1n) is 5.89. The Morgan fingerprint density at radius 3 is 3.17 bits per heavy atom. The third kappa shape index (κ3) is 2.87. The summed E-state index contributed by atoms with van der Waals surface area (Å²) in [6, 6.07) is 1.94. The predicted octanol–water partition coefficient (Wildman–Crippen LogP) is 1.76. The van der Waals surface area contributed by atoms with Gasteiger partial charge in [0.15, 0.2) is 0 Å². The third-order valence-corrected chi connectivity index (χ3v) is 4.11. The molecule has 1 aromatic rings. The number of nitrogens with zero attached hydrogens (tertiary/aromatic N) is 1. The van der Waals surface area contributed by atoms with E-state index in [0.717, 1.165) is 12.2 Å². The van der Waals surface area contributed by atoms with Crippen LogP contribution in [0.15, 0.2) is 12.3 Å². The van der Waals surface area contributed by atoms with Crippen molar-refractivity contribution in [2.24, 2.45) is 0 Å². The van der Waals surface area contributed by atoms with Crippen LogP contribution in [0.1, 0.15) is 23.2 Å². The number of nitrogen functional groups attached to an aromatic ring is 1. The highest BCUT2D eigenvalue weighted by Gasteiger charge is 2.18. The second-order valence-corrected chi connectivity index (χ2v) is 5.32. The van der Waals surface area contributed by atoms with Crippen LogP contribution in [0.5, 0.6) is 0 Å². The molecule has 1 fully saturated rings. The number of thioether (sulfide) groups is 1. The maximum Gasteiger partial charge on any atom is 0.340 e. The van der Waals surface area contributed by atoms with Gasteiger partial charge in [0.1, 0.15) is 5.82 Å². The molecule has 0 spiro atoms. The van der Waals surface area contributed by atoms with Gasteiger partial charge in [0.25, 0.3) is 0 Å². The van der Waals surface area contributed by atoms with Gasteiger partial charge in [-0.05, 0) is 24.7 Å². The molecule has 1 atom stereocenters. The lowest BCUT2D eigenvalue weighted by Crippen LogP contribution is -2.27. The Balaban J connectivity index is 2.15. The minimum absolute atomic E-state index is 0.360. The van der Waals surface area contributed by atoms with E-state index in [9.17, 15) is 4.79 Å². The average Bonchev–Trinajstić information content (AvgIpc) is 2.41. The molecule has 0 saturated carbocycles. The Morgan fingerprint density at radius 1 is 1.67 bits per heavy atom. The highest BCUT2D eigenvalue weighted by molar-refractivity contribution is 7.99. The molecule has 0 amide bonds. The standard InChI is InChI=1S/C12H17N3O2S/c1-17-12(16)9-4-5-14-11(10(9)13)15-8-3-2-6-18-7-8/h4-5,8H,2-3,6-7,13H2,1H3,(H,14,15). The molecule has 2 rings (SSSR count). The maximum atomic E-state index is 11.5. The van der Waals surface area contributed by atoms with E-state index in [1.807, 2.05) is 11.8 Å². The van der Waals surface area contributed by atoms with Gasteiger partial charge in [0, 0.05) is 18.0 Å². The topological polar surface area (TPSA) is 77.2 Å². The Kier molecular flexibility index (Phi) is 4.30. The molecular formula is C12H17N3O2S. The van der Waals surface area contributed by atoms with Gasteiger partial charge in [-0.2, -0.15) is 11.8 Å². The van der Waals surface area contributed by atoms with Crippen molar-refractivity contribution >= 4 is 29.2 Å². The van der Waals surface area contributed by atoms with E-state index in [2.05, 4.69) is 15.0 Å². The summed E-state index contributed by atoms with van der Waals surface area (Å²) in [5.74, 6) is 2.40. The molecule has 18 heavy (non-hydrogen) atoms. The molecule has 3 N–H and O–H groups in total. The zero-order valence-electron chi connectivity index (χ0n) is 10.3. The van der Waals surface area contributed by atoms with Gasteiger partial charge in [-0.15, -0.1) is 0 Å². The van der Waals surface area contributed by atoms with Crippen LogP contribution < -0.4 is 11.1 Å². The predicted molar refractivity (Wildman–Crippen MR) is 74.0 cm³/mol. The number of pyridine rings is 1. The van der Waals surface area contributed by atoms with E-state index in [4.69, 9.17) is 5.73 Å². The number of rotatable bonds is 3. The second-order valence-electron chi connectivity index (χ2n) is 4.17. The number of aromatic nitrogens is 1. The number of nitrogens with one attached hydrogen (secondary N) is 1. The quantitative estimate of drug-likeness (QED) is 0.813. The Morgan fingerprint density at radius 2 is 2.50 bits per heavy atom. The fourth-order valence-corrected chi connectivity index (χ4v) is 3.00. The fraction of sp³-hybridized carbons (Fsp3) is 0.500. The molecule has 1 aliphatic rings. The van der Waals surface area contributed by atoms with Crippen molar-refractivity contribution in [2.75, 3.05) is 29.7 Å². The molecule has 0 bridgehead atoms. The van der Waals surface area contributed by atoms with Gasteiger partial charge in [0.2, 0.25) is 0 Å². The van der Waals surface area contributed by atoms with Crippen molar-refractivity contribution in [3.8, 4) is 0 Å². The summed E-state index contributed by atoms with van der Waals surface area (Å²) in [6.45, 7) is 0. The molecule has 98 valence electrons. The summed E-state index contributed by atoms with van der Waals surface area (Å²) in [5, 5.41) is 3.30. The number of carbonyl (C=O) groups excluding carboxylic acids is 1. The molecule has 2 heterocycles. The number of hydrogen-bond acceptors (Lipinski definition) is 6. The molecule has 1 unspecified atom stereocenters. The van der Waals surface area contributed by atoms with E-state index < -0.39 is 5.97 Å². The highest BCUT2D eigenvalue weighted by Crippen LogP contribution is 2.25. The summed E-state index contributed by atoms with van der Waals surface area (Å²) in [7, 11) is 1.34. The largest absolute Gasteiger partial charge is 0.465 e. The smallest absolute Gasteiger partial charge is 0.340 e. The molecule has 0 aromatic carbocycles. The second kappa shape index (κ2) is 5.95. The molecular weight excluding hydrogens is 250 g/mol. The molecule has 1 aliphatic heterocycles. The van der Waals surface area contributed by atoms with Crippen molar-refractivity contribution in [3.05, 3.63) is 17.8 Å². The van der Waals surface area contributed by atoms with Crippen LogP contribution in [-0.4, -0.2) is 35.6 Å². The van der Waals surface area contributed by atoms with E-state index in [0.29, 0.717) is 23.1 Å². The number of methoxy groups -OCH3 is 1. The minimum atomic E-state index is -0.434. The fourth-order valence-electron chi connectivity index (χ4n) is 1.92. The van der Waals surface area contributed by atoms with Gasteiger partial charge in [-0.1, -0.05) is 0 Å². The zero-order valence-corrected chi connectivity index (χ0v) is 11.1. The first-order chi connectivity index (χ1) is 8.72. The van der Waals surface area contributed by atoms with Crippen LogP contribution >= 0.6 is 11.8 Å². The van der Waals surface area contributed by atoms with Crippen LogP contribution in [-0.2, 0) is 4.74 Å². The SMILES string of the molecule is COC(=O)c1ccnc(NC2CCCSC2)c1N. The van der Waals surface area contributed by atoms with Gasteiger partial charge < -0.3 is 15.8 Å². The van der Waals surface area contributed by atoms with Gasteiger partial charge in [0.05, 0.1) is 18.4 Å². The highest BCUT2D eigenvalue weighted by atomic mass is 32.2. The van der Waals surface area contributed by atoms with Crippen LogP contribution in [0.4, 0.5) is 11.5 Å². The van der Waals surface area contributed by atoms with Crippen molar-refractivity contribution in [3.63, 3.8) is 0 Å². The summed E-state index contributed by atoms with van der Waals surface area (Å²) < 4.78 is 4.68. The maximum absolute atomic E-state index is 11.5. The van der Waals surface area contributed by atoms with Gasteiger partial charge in [-0.3, -0.25) is 0 Å². The molecule has 1 saturated heterocycles. The van der Waals surface area contributed by atoms with Crippen LogP contribution in [0.25, 0.3) is 0 Å². The Bertz CT molecular complexity index is 433. The van der Waals surface area contributed by atoms with Crippen LogP contribution in [0.3, 0.4) is 0 Å². The van der Waals surface area contributed by atoms with Gasteiger partial charge >= 0.3 is 5.97 Å². The summed E-state index contributed by atoms with van der Waals surface area (Å²) >= 11 is 1.92. The van der Waals surface area contributed by atoms with E-state index in [-0.39, 0.29) is 0 Å². The molecule has 1 aromatic heterocycles. The van der Waals surface area contributed by atoms with E-state index >= 15 is 0 Å². The zero-order chi connectivity index (χ0) is 13.0. The first kappa shape index (κ1) is 13.0. The third-order valence-electron chi connectivity index (χ3n) is 2.90. The molecule has 0 radical (unpaired) electrons. The van der Waals surface area contributed by atoms with Gasteiger partial charge in [-0.25, -0.2) is 9.78 Å². The van der Waals surface area contributed by atoms with E-state index in [1.54, 1.807) is 12.3 Å². The summed E-state index contributed by atoms with van der Waals surface area (Å²) in [4.78, 5) is 15.7. The Hall–Kier alpha value is -1.43. The average molecular weight is 267 g/mol. The molecule has 6 heteroatoms. The number of hydrogen-bond donors (Lipinski definition) is 2. The number of esters is 1. The number of carbonyl (C=O) groups is 1. The minimum Gasteiger partial charge on any atom is -0.465 e. The van der Waals surface area contributed by atoms with Crippen LogP contribution in [0, 0.1) is 0 Å². The lowest BCUT2D eigenvalue weighted by Gasteiger charge is -2.23. The number of nitrogens with two attached hydrogens (primary N) is 1. The first-order valence-corrected chi connectivity index (χ1v) is 7.05. The molecule has 0 aliphatic carbocycles. The lowest BCUT2D eigenvalue weighted by atomic mass is 10.1. The molecule has 5 nitrogen and oxygen atoms in total.